The highest BCUT2D eigenvalue weighted by molar-refractivity contribution is 5.97. The van der Waals surface area contributed by atoms with Gasteiger partial charge in [0.2, 0.25) is 5.91 Å². The molecule has 2 amide bonds. The molecule has 0 atom stereocenters. The summed E-state index contributed by atoms with van der Waals surface area (Å²) in [6.07, 6.45) is 1.41. The molecule has 0 aliphatic carbocycles. The Morgan fingerprint density at radius 2 is 1.84 bits per heavy atom. The fraction of sp³-hybridized carbons (Fsp3) is 0.389. The monoisotopic (exact) mass is 346 g/mol. The number of amides is 2. The normalized spacial score (nSPS) is 10.6. The Bertz CT molecular complexity index is 768. The van der Waals surface area contributed by atoms with Crippen LogP contribution in [0.4, 0.5) is 4.39 Å². The first kappa shape index (κ1) is 18.6. The summed E-state index contributed by atoms with van der Waals surface area (Å²) in [6, 6.07) is 6.23. The van der Waals surface area contributed by atoms with E-state index in [4.69, 9.17) is 0 Å². The standard InChI is InChI=1S/C18H23FN4O2/c1-5-22(6-2)17(24)12-21(4)18(25)14-11-20-23(13(14)3)16-10-8-7-9-15(16)19/h7-11H,5-6,12H2,1-4H3. The second kappa shape index (κ2) is 7.92. The van der Waals surface area contributed by atoms with Gasteiger partial charge in [0.25, 0.3) is 5.91 Å². The van der Waals surface area contributed by atoms with E-state index in [0.717, 1.165) is 0 Å². The number of aromatic nitrogens is 2. The van der Waals surface area contributed by atoms with Crippen molar-refractivity contribution in [2.45, 2.75) is 20.8 Å². The highest BCUT2D eigenvalue weighted by atomic mass is 19.1. The molecule has 2 aromatic rings. The second-order valence-electron chi connectivity index (χ2n) is 5.73. The predicted octanol–water partition coefficient (Wildman–Crippen LogP) is 2.26. The van der Waals surface area contributed by atoms with E-state index < -0.39 is 5.82 Å². The summed E-state index contributed by atoms with van der Waals surface area (Å²) >= 11 is 0. The lowest BCUT2D eigenvalue weighted by Crippen LogP contribution is -2.41. The van der Waals surface area contributed by atoms with Crippen molar-refractivity contribution in [3.8, 4) is 5.69 Å². The summed E-state index contributed by atoms with van der Waals surface area (Å²) < 4.78 is 15.3. The first-order valence-electron chi connectivity index (χ1n) is 8.23. The Morgan fingerprint density at radius 3 is 2.44 bits per heavy atom. The summed E-state index contributed by atoms with van der Waals surface area (Å²) in [7, 11) is 1.57. The van der Waals surface area contributed by atoms with Crippen LogP contribution in [0.15, 0.2) is 30.5 Å². The molecular formula is C18H23FN4O2. The van der Waals surface area contributed by atoms with Crippen molar-refractivity contribution < 1.29 is 14.0 Å². The fourth-order valence-corrected chi connectivity index (χ4v) is 2.64. The van der Waals surface area contributed by atoms with Gasteiger partial charge in [-0.1, -0.05) is 12.1 Å². The zero-order valence-corrected chi connectivity index (χ0v) is 15.0. The number of carbonyl (C=O) groups excluding carboxylic acids is 2. The molecule has 0 bridgehead atoms. The maximum Gasteiger partial charge on any atom is 0.257 e. The van der Waals surface area contributed by atoms with Crippen molar-refractivity contribution in [3.05, 3.63) is 47.5 Å². The van der Waals surface area contributed by atoms with Gasteiger partial charge in [-0.05, 0) is 32.9 Å². The number of halogens is 1. The number of rotatable bonds is 6. The van der Waals surface area contributed by atoms with E-state index in [0.29, 0.717) is 24.3 Å². The smallest absolute Gasteiger partial charge is 0.257 e. The molecular weight excluding hydrogens is 323 g/mol. The van der Waals surface area contributed by atoms with Crippen molar-refractivity contribution in [3.63, 3.8) is 0 Å². The van der Waals surface area contributed by atoms with Gasteiger partial charge in [-0.3, -0.25) is 9.59 Å². The average molecular weight is 346 g/mol. The fourth-order valence-electron chi connectivity index (χ4n) is 2.64. The van der Waals surface area contributed by atoms with Gasteiger partial charge in [-0.2, -0.15) is 5.10 Å². The highest BCUT2D eigenvalue weighted by Gasteiger charge is 2.22. The molecule has 0 saturated heterocycles. The predicted molar refractivity (Wildman–Crippen MR) is 93.1 cm³/mol. The average Bonchev–Trinajstić information content (AvgIpc) is 2.97. The highest BCUT2D eigenvalue weighted by Crippen LogP contribution is 2.18. The minimum Gasteiger partial charge on any atom is -0.342 e. The largest absolute Gasteiger partial charge is 0.342 e. The van der Waals surface area contributed by atoms with E-state index in [1.165, 1.54) is 21.8 Å². The van der Waals surface area contributed by atoms with Crippen molar-refractivity contribution in [2.24, 2.45) is 0 Å². The van der Waals surface area contributed by atoms with E-state index >= 15 is 0 Å². The quantitative estimate of drug-likeness (QED) is 0.806. The molecule has 0 unspecified atom stereocenters. The maximum absolute atomic E-state index is 14.0. The van der Waals surface area contributed by atoms with Crippen LogP contribution in [0.1, 0.15) is 29.9 Å². The summed E-state index contributed by atoms with van der Waals surface area (Å²) in [6.45, 7) is 6.68. The number of hydrogen-bond acceptors (Lipinski definition) is 3. The molecule has 1 aromatic heterocycles. The zero-order chi connectivity index (χ0) is 18.6. The summed E-state index contributed by atoms with van der Waals surface area (Å²) in [5, 5.41) is 4.13. The molecule has 0 N–H and O–H groups in total. The zero-order valence-electron chi connectivity index (χ0n) is 15.0. The molecule has 0 aliphatic rings. The minimum atomic E-state index is -0.419. The van der Waals surface area contributed by atoms with Crippen LogP contribution in [0, 0.1) is 12.7 Å². The lowest BCUT2D eigenvalue weighted by Gasteiger charge is -2.23. The number of hydrogen-bond donors (Lipinski definition) is 0. The molecule has 134 valence electrons. The van der Waals surface area contributed by atoms with Crippen LogP contribution in [0.25, 0.3) is 5.69 Å². The summed E-state index contributed by atoms with van der Waals surface area (Å²) in [4.78, 5) is 27.8. The summed E-state index contributed by atoms with van der Waals surface area (Å²) in [5.74, 6) is -0.849. The van der Waals surface area contributed by atoms with Crippen LogP contribution in [0.3, 0.4) is 0 Å². The van der Waals surface area contributed by atoms with Crippen LogP contribution in [0.2, 0.25) is 0 Å². The number of benzene rings is 1. The van der Waals surface area contributed by atoms with Crippen molar-refractivity contribution >= 4 is 11.8 Å². The molecule has 2 rings (SSSR count). The molecule has 0 saturated carbocycles. The molecule has 0 fully saturated rings. The minimum absolute atomic E-state index is 0.00910. The third-order valence-electron chi connectivity index (χ3n) is 4.16. The van der Waals surface area contributed by atoms with Gasteiger partial charge in [0.1, 0.15) is 11.5 Å². The Kier molecular flexibility index (Phi) is 5.90. The third-order valence-corrected chi connectivity index (χ3v) is 4.16. The summed E-state index contributed by atoms with van der Waals surface area (Å²) in [5.41, 5.74) is 1.15. The van der Waals surface area contributed by atoms with Crippen molar-refractivity contribution in [1.82, 2.24) is 19.6 Å². The van der Waals surface area contributed by atoms with Crippen LogP contribution >= 0.6 is 0 Å². The van der Waals surface area contributed by atoms with Crippen LogP contribution in [-0.4, -0.2) is 58.1 Å². The lowest BCUT2D eigenvalue weighted by molar-refractivity contribution is -0.131. The van der Waals surface area contributed by atoms with E-state index in [-0.39, 0.29) is 24.0 Å². The molecule has 6 nitrogen and oxygen atoms in total. The van der Waals surface area contributed by atoms with Crippen LogP contribution in [-0.2, 0) is 4.79 Å². The van der Waals surface area contributed by atoms with Gasteiger partial charge >= 0.3 is 0 Å². The van der Waals surface area contributed by atoms with Crippen molar-refractivity contribution in [1.29, 1.82) is 0 Å². The molecule has 25 heavy (non-hydrogen) atoms. The first-order chi connectivity index (χ1) is 11.9. The number of likely N-dealkylation sites (N-methyl/N-ethyl adjacent to an activating group) is 2. The van der Waals surface area contributed by atoms with Gasteiger partial charge in [-0.15, -0.1) is 0 Å². The molecule has 0 radical (unpaired) electrons. The van der Waals surface area contributed by atoms with Gasteiger partial charge in [-0.25, -0.2) is 9.07 Å². The number of nitrogens with zero attached hydrogens (tertiary/aromatic N) is 4. The SMILES string of the molecule is CCN(CC)C(=O)CN(C)C(=O)c1cnn(-c2ccccc2F)c1C. The second-order valence-corrected chi connectivity index (χ2v) is 5.73. The number of carbonyl (C=O) groups is 2. The maximum atomic E-state index is 14.0. The lowest BCUT2D eigenvalue weighted by atomic mass is 10.2. The third kappa shape index (κ3) is 3.87. The van der Waals surface area contributed by atoms with Crippen LogP contribution in [0.5, 0.6) is 0 Å². The number of para-hydroxylation sites is 1. The Balaban J connectivity index is 2.21. The first-order valence-corrected chi connectivity index (χ1v) is 8.23. The van der Waals surface area contributed by atoms with E-state index in [2.05, 4.69) is 5.10 Å². The molecule has 1 aromatic carbocycles. The van der Waals surface area contributed by atoms with Crippen molar-refractivity contribution in [2.75, 3.05) is 26.7 Å². The Morgan fingerprint density at radius 1 is 1.20 bits per heavy atom. The van der Waals surface area contributed by atoms with E-state index in [1.54, 1.807) is 37.1 Å². The molecule has 0 spiro atoms. The Labute approximate surface area is 146 Å². The van der Waals surface area contributed by atoms with Gasteiger partial charge in [0, 0.05) is 20.1 Å². The molecule has 7 heteroatoms. The molecule has 1 heterocycles. The van der Waals surface area contributed by atoms with Gasteiger partial charge < -0.3 is 9.80 Å². The Hall–Kier alpha value is -2.70. The topological polar surface area (TPSA) is 58.4 Å². The molecule has 0 aliphatic heterocycles. The van der Waals surface area contributed by atoms with E-state index in [1.807, 2.05) is 13.8 Å². The van der Waals surface area contributed by atoms with Crippen LogP contribution < -0.4 is 0 Å². The van der Waals surface area contributed by atoms with E-state index in [9.17, 15) is 14.0 Å². The van der Waals surface area contributed by atoms with Gasteiger partial charge in [0.15, 0.2) is 0 Å². The van der Waals surface area contributed by atoms with Gasteiger partial charge in [0.05, 0.1) is 24.0 Å².